The van der Waals surface area contributed by atoms with Gasteiger partial charge in [0.1, 0.15) is 12.4 Å². The summed E-state index contributed by atoms with van der Waals surface area (Å²) in [6, 6.07) is 12.9. The molecule has 1 N–H and O–H groups in total. The quantitative estimate of drug-likeness (QED) is 0.643. The Labute approximate surface area is 185 Å². The van der Waals surface area contributed by atoms with Gasteiger partial charge in [0.25, 0.3) is 0 Å². The maximum Gasteiger partial charge on any atom is 0.327 e. The van der Waals surface area contributed by atoms with Crippen molar-refractivity contribution in [3.8, 4) is 17.0 Å². The van der Waals surface area contributed by atoms with Gasteiger partial charge in [-0.05, 0) is 43.2 Å². The van der Waals surface area contributed by atoms with Gasteiger partial charge in [0.15, 0.2) is 11.6 Å². The van der Waals surface area contributed by atoms with Gasteiger partial charge < -0.3 is 15.0 Å². The van der Waals surface area contributed by atoms with Crippen LogP contribution >= 0.6 is 11.6 Å². The van der Waals surface area contributed by atoms with Gasteiger partial charge in [0, 0.05) is 41.6 Å². The number of carbonyl (C=O) groups is 1. The maximum absolute atomic E-state index is 13.2. The van der Waals surface area contributed by atoms with Crippen LogP contribution in [0.5, 0.6) is 5.75 Å². The van der Waals surface area contributed by atoms with Crippen molar-refractivity contribution in [2.75, 3.05) is 41.4 Å². The summed E-state index contributed by atoms with van der Waals surface area (Å²) in [7, 11) is 0. The average Bonchev–Trinajstić information content (AvgIpc) is 2.72. The van der Waals surface area contributed by atoms with Crippen molar-refractivity contribution >= 4 is 35.0 Å². The number of halogens is 1. The number of ether oxygens (including phenoxy) is 1. The van der Waals surface area contributed by atoms with Gasteiger partial charge in [0.2, 0.25) is 0 Å². The molecule has 1 saturated heterocycles. The van der Waals surface area contributed by atoms with Crippen molar-refractivity contribution < 1.29 is 9.53 Å². The number of benzene rings is 1. The zero-order valence-electron chi connectivity index (χ0n) is 17.1. The molecule has 4 heterocycles. The Balaban J connectivity index is 1.44. The average molecular weight is 436 g/mol. The van der Waals surface area contributed by atoms with E-state index in [1.54, 1.807) is 17.2 Å². The first-order valence-corrected chi connectivity index (χ1v) is 10.7. The molecule has 2 amide bonds. The fraction of sp³-hybridized carbons (Fsp3) is 0.261. The molecular weight excluding hydrogens is 414 g/mol. The first-order chi connectivity index (χ1) is 15.1. The summed E-state index contributed by atoms with van der Waals surface area (Å²) >= 11 is 6.16. The highest BCUT2D eigenvalue weighted by atomic mass is 35.5. The van der Waals surface area contributed by atoms with E-state index in [1.165, 1.54) is 6.42 Å². The Morgan fingerprint density at radius 2 is 2.03 bits per heavy atom. The van der Waals surface area contributed by atoms with E-state index in [2.05, 4.69) is 15.2 Å². The lowest BCUT2D eigenvalue weighted by atomic mass is 10.1. The van der Waals surface area contributed by atoms with Crippen LogP contribution in [0.25, 0.3) is 11.3 Å². The molecule has 2 aliphatic rings. The van der Waals surface area contributed by atoms with Crippen molar-refractivity contribution in [2.45, 2.75) is 13.3 Å². The Bertz CT molecular complexity index is 1150. The Hall–Kier alpha value is -3.32. The van der Waals surface area contributed by atoms with Gasteiger partial charge in [-0.2, -0.15) is 0 Å². The molecule has 0 atom stereocenters. The highest BCUT2D eigenvalue weighted by molar-refractivity contribution is 6.30. The number of hydrogen-bond acceptors (Lipinski definition) is 5. The van der Waals surface area contributed by atoms with Gasteiger partial charge in [-0.1, -0.05) is 23.7 Å². The fourth-order valence-electron chi connectivity index (χ4n) is 3.75. The third kappa shape index (κ3) is 3.88. The van der Waals surface area contributed by atoms with Crippen LogP contribution in [0.3, 0.4) is 0 Å². The summed E-state index contributed by atoms with van der Waals surface area (Å²) in [5, 5.41) is 3.62. The SMILES string of the molecule is Cc1cc(-c2cccc(Cl)c2)nc2c1OCCN2C(=O)Nc1ccnc(N2CCC2)c1. The second-order valence-corrected chi connectivity index (χ2v) is 8.10. The molecule has 0 saturated carbocycles. The van der Waals surface area contributed by atoms with Crippen molar-refractivity contribution in [1.82, 2.24) is 9.97 Å². The van der Waals surface area contributed by atoms with Crippen molar-refractivity contribution in [2.24, 2.45) is 0 Å². The van der Waals surface area contributed by atoms with Crippen LogP contribution in [-0.4, -0.2) is 42.2 Å². The van der Waals surface area contributed by atoms with E-state index < -0.39 is 0 Å². The minimum absolute atomic E-state index is 0.250. The van der Waals surface area contributed by atoms with E-state index in [9.17, 15) is 4.79 Å². The lowest BCUT2D eigenvalue weighted by molar-refractivity contribution is 0.249. The van der Waals surface area contributed by atoms with Gasteiger partial charge in [0.05, 0.1) is 12.2 Å². The van der Waals surface area contributed by atoms with E-state index in [-0.39, 0.29) is 6.03 Å². The summed E-state index contributed by atoms with van der Waals surface area (Å²) in [4.78, 5) is 26.1. The molecule has 2 aliphatic heterocycles. The van der Waals surface area contributed by atoms with Crippen LogP contribution in [0.2, 0.25) is 5.02 Å². The molecule has 1 aromatic carbocycles. The van der Waals surface area contributed by atoms with Crippen LogP contribution in [0.15, 0.2) is 48.7 Å². The molecule has 0 bridgehead atoms. The van der Waals surface area contributed by atoms with Gasteiger partial charge in [-0.15, -0.1) is 0 Å². The van der Waals surface area contributed by atoms with Gasteiger partial charge in [-0.25, -0.2) is 14.8 Å². The first kappa shape index (κ1) is 19.6. The van der Waals surface area contributed by atoms with Crippen LogP contribution < -0.4 is 19.9 Å². The molecule has 0 spiro atoms. The molecule has 3 aromatic rings. The zero-order valence-corrected chi connectivity index (χ0v) is 17.9. The number of aromatic nitrogens is 2. The number of nitrogens with zero attached hydrogens (tertiary/aromatic N) is 4. The number of fused-ring (bicyclic) bond motifs is 1. The molecular formula is C23H22ClN5O2. The minimum Gasteiger partial charge on any atom is -0.488 e. The minimum atomic E-state index is -0.250. The smallest absolute Gasteiger partial charge is 0.327 e. The first-order valence-electron chi connectivity index (χ1n) is 10.3. The lowest BCUT2D eigenvalue weighted by Crippen LogP contribution is -2.41. The fourth-order valence-corrected chi connectivity index (χ4v) is 3.94. The van der Waals surface area contributed by atoms with E-state index in [1.807, 2.05) is 43.3 Å². The molecule has 2 aromatic heterocycles. The molecule has 0 aliphatic carbocycles. The number of anilines is 3. The molecule has 0 unspecified atom stereocenters. The largest absolute Gasteiger partial charge is 0.488 e. The molecule has 7 nitrogen and oxygen atoms in total. The number of carbonyl (C=O) groups excluding carboxylic acids is 1. The third-order valence-electron chi connectivity index (χ3n) is 5.50. The van der Waals surface area contributed by atoms with Crippen molar-refractivity contribution in [3.63, 3.8) is 0 Å². The molecule has 0 radical (unpaired) electrons. The maximum atomic E-state index is 13.2. The summed E-state index contributed by atoms with van der Waals surface area (Å²) in [6.45, 7) is 4.77. The highest BCUT2D eigenvalue weighted by Crippen LogP contribution is 2.36. The predicted molar refractivity (Wildman–Crippen MR) is 122 cm³/mol. The number of amides is 2. The van der Waals surface area contributed by atoms with Gasteiger partial charge in [-0.3, -0.25) is 4.90 Å². The summed E-state index contributed by atoms with van der Waals surface area (Å²) in [5.74, 6) is 2.02. The molecule has 5 rings (SSSR count). The summed E-state index contributed by atoms with van der Waals surface area (Å²) in [6.07, 6.45) is 2.89. The number of urea groups is 1. The van der Waals surface area contributed by atoms with E-state index in [4.69, 9.17) is 21.3 Å². The van der Waals surface area contributed by atoms with Crippen LogP contribution in [0.4, 0.5) is 22.1 Å². The molecule has 31 heavy (non-hydrogen) atoms. The van der Waals surface area contributed by atoms with Crippen molar-refractivity contribution in [3.05, 3.63) is 59.2 Å². The second-order valence-electron chi connectivity index (χ2n) is 7.66. The molecule has 8 heteroatoms. The summed E-state index contributed by atoms with van der Waals surface area (Å²) in [5.41, 5.74) is 3.25. The second kappa shape index (κ2) is 8.07. The number of rotatable bonds is 3. The van der Waals surface area contributed by atoms with E-state index >= 15 is 0 Å². The monoisotopic (exact) mass is 435 g/mol. The predicted octanol–water partition coefficient (Wildman–Crippen LogP) is 4.75. The topological polar surface area (TPSA) is 70.6 Å². The van der Waals surface area contributed by atoms with E-state index in [0.717, 1.165) is 35.7 Å². The summed E-state index contributed by atoms with van der Waals surface area (Å²) < 4.78 is 5.85. The number of aryl methyl sites for hydroxylation is 1. The van der Waals surface area contributed by atoms with Crippen LogP contribution in [0.1, 0.15) is 12.0 Å². The lowest BCUT2D eigenvalue weighted by Gasteiger charge is -2.32. The number of hydrogen-bond donors (Lipinski definition) is 1. The third-order valence-corrected chi connectivity index (χ3v) is 5.74. The number of nitrogens with one attached hydrogen (secondary N) is 1. The zero-order chi connectivity index (χ0) is 21.4. The highest BCUT2D eigenvalue weighted by Gasteiger charge is 2.28. The number of pyridine rings is 2. The van der Waals surface area contributed by atoms with Crippen molar-refractivity contribution in [1.29, 1.82) is 0 Å². The Morgan fingerprint density at radius 3 is 2.81 bits per heavy atom. The Kier molecular flexibility index (Phi) is 5.11. The molecule has 1 fully saturated rings. The van der Waals surface area contributed by atoms with Gasteiger partial charge >= 0.3 is 6.03 Å². The van der Waals surface area contributed by atoms with E-state index in [0.29, 0.717) is 35.4 Å². The van der Waals surface area contributed by atoms with Crippen LogP contribution in [-0.2, 0) is 0 Å². The normalized spacial score (nSPS) is 15.0. The molecule has 158 valence electrons. The van der Waals surface area contributed by atoms with Crippen LogP contribution in [0, 0.1) is 6.92 Å². The Morgan fingerprint density at radius 1 is 1.16 bits per heavy atom. The standard InChI is InChI=1S/C23H22ClN5O2/c1-15-12-19(16-4-2-5-17(24)13-16)27-22-21(15)31-11-10-29(22)23(30)26-18-6-7-25-20(14-18)28-8-3-9-28/h2,4-7,12-14H,3,8-11H2,1H3,(H,25,26,30).